The molecule has 22 heavy (non-hydrogen) atoms. The highest BCUT2D eigenvalue weighted by Gasteiger charge is 2.13. The lowest BCUT2D eigenvalue weighted by atomic mass is 10.1. The fourth-order valence-corrected chi connectivity index (χ4v) is 2.82. The van der Waals surface area contributed by atoms with Crippen LogP contribution in [0.15, 0.2) is 40.9 Å². The van der Waals surface area contributed by atoms with Crippen LogP contribution >= 0.6 is 15.9 Å². The van der Waals surface area contributed by atoms with Gasteiger partial charge in [-0.05, 0) is 31.5 Å². The Morgan fingerprint density at radius 3 is 2.59 bits per heavy atom. The van der Waals surface area contributed by atoms with Gasteiger partial charge in [0.25, 0.3) is 0 Å². The van der Waals surface area contributed by atoms with E-state index < -0.39 is 0 Å². The molecular weight excluding hydrogens is 342 g/mol. The molecule has 0 aliphatic carbocycles. The summed E-state index contributed by atoms with van der Waals surface area (Å²) < 4.78 is 11.4. The van der Waals surface area contributed by atoms with Gasteiger partial charge in [-0.25, -0.2) is 0 Å². The second kappa shape index (κ2) is 6.53. The van der Waals surface area contributed by atoms with Gasteiger partial charge in [0.05, 0.1) is 5.69 Å². The normalized spacial score (nSPS) is 11.0. The Hall–Kier alpha value is -1.81. The number of halogens is 1. The van der Waals surface area contributed by atoms with E-state index in [0.29, 0.717) is 6.61 Å². The van der Waals surface area contributed by atoms with Crippen molar-refractivity contribution in [1.29, 1.82) is 0 Å². The van der Waals surface area contributed by atoms with Gasteiger partial charge in [0.15, 0.2) is 5.58 Å². The van der Waals surface area contributed by atoms with Crippen LogP contribution in [0.2, 0.25) is 0 Å². The highest BCUT2D eigenvalue weighted by Crippen LogP contribution is 2.30. The Labute approximate surface area is 138 Å². The van der Waals surface area contributed by atoms with E-state index in [1.54, 1.807) is 0 Å². The number of benzene rings is 2. The number of hydrogen-bond acceptors (Lipinski definition) is 3. The summed E-state index contributed by atoms with van der Waals surface area (Å²) in [4.78, 5) is 0. The summed E-state index contributed by atoms with van der Waals surface area (Å²) in [5.74, 6) is 0.842. The molecule has 3 nitrogen and oxygen atoms in total. The second-order valence-electron chi connectivity index (χ2n) is 5.41. The number of ether oxygens (including phenoxy) is 1. The molecule has 3 rings (SSSR count). The van der Waals surface area contributed by atoms with Crippen molar-refractivity contribution in [3.05, 3.63) is 58.8 Å². The predicted molar refractivity (Wildman–Crippen MR) is 91.8 cm³/mol. The molecule has 0 atom stereocenters. The van der Waals surface area contributed by atoms with Crippen LogP contribution in [0, 0.1) is 13.8 Å². The molecule has 1 heterocycles. The van der Waals surface area contributed by atoms with Gasteiger partial charge in [-0.2, -0.15) is 0 Å². The smallest absolute Gasteiger partial charge is 0.173 e. The van der Waals surface area contributed by atoms with E-state index in [1.165, 1.54) is 5.56 Å². The molecule has 0 spiro atoms. The molecular formula is C18H18BrNO2. The van der Waals surface area contributed by atoms with E-state index in [-0.39, 0.29) is 0 Å². The van der Waals surface area contributed by atoms with Crippen molar-refractivity contribution in [2.45, 2.75) is 26.9 Å². The molecule has 0 saturated carbocycles. The first-order valence-corrected chi connectivity index (χ1v) is 8.43. The molecule has 0 aliphatic rings. The molecule has 0 amide bonds. The average Bonchev–Trinajstić information content (AvgIpc) is 2.93. The predicted octanol–water partition coefficient (Wildman–Crippen LogP) is 4.96. The lowest BCUT2D eigenvalue weighted by molar-refractivity contribution is 0.303. The number of rotatable bonds is 5. The standard InChI is InChI=1S/C18H18BrNO2/c1-12-3-5-14(6-4-12)11-21-17-8-7-15-16(9-10-19)20-22-18(15)13(17)2/h3-8H,9-11H2,1-2H3. The largest absolute Gasteiger partial charge is 0.488 e. The maximum atomic E-state index is 5.94. The molecule has 114 valence electrons. The van der Waals surface area contributed by atoms with Crippen LogP contribution in [0.25, 0.3) is 11.0 Å². The third kappa shape index (κ3) is 3.02. The van der Waals surface area contributed by atoms with Gasteiger partial charge in [0.2, 0.25) is 0 Å². The number of aryl methyl sites for hydroxylation is 3. The van der Waals surface area contributed by atoms with Gasteiger partial charge >= 0.3 is 0 Å². The summed E-state index contributed by atoms with van der Waals surface area (Å²) in [6.07, 6.45) is 0.857. The van der Waals surface area contributed by atoms with Crippen LogP contribution in [0.3, 0.4) is 0 Å². The first-order chi connectivity index (χ1) is 10.7. The lowest BCUT2D eigenvalue weighted by Crippen LogP contribution is -1.97. The van der Waals surface area contributed by atoms with Crippen molar-refractivity contribution >= 4 is 26.9 Å². The monoisotopic (exact) mass is 359 g/mol. The zero-order chi connectivity index (χ0) is 15.5. The minimum absolute atomic E-state index is 0.551. The maximum Gasteiger partial charge on any atom is 0.173 e. The van der Waals surface area contributed by atoms with Crippen molar-refractivity contribution in [3.63, 3.8) is 0 Å². The molecule has 0 saturated heterocycles. The van der Waals surface area contributed by atoms with E-state index in [2.05, 4.69) is 52.3 Å². The third-order valence-electron chi connectivity index (χ3n) is 3.76. The van der Waals surface area contributed by atoms with E-state index in [0.717, 1.165) is 45.3 Å². The minimum atomic E-state index is 0.551. The summed E-state index contributed by atoms with van der Waals surface area (Å²) in [6.45, 7) is 4.64. The summed E-state index contributed by atoms with van der Waals surface area (Å²) in [7, 11) is 0. The van der Waals surface area contributed by atoms with Crippen LogP contribution in [0.5, 0.6) is 5.75 Å². The Kier molecular flexibility index (Phi) is 4.48. The zero-order valence-electron chi connectivity index (χ0n) is 12.7. The van der Waals surface area contributed by atoms with E-state index >= 15 is 0 Å². The van der Waals surface area contributed by atoms with Gasteiger partial charge in [0.1, 0.15) is 12.4 Å². The second-order valence-corrected chi connectivity index (χ2v) is 6.20. The van der Waals surface area contributed by atoms with Crippen molar-refractivity contribution < 1.29 is 9.26 Å². The first-order valence-electron chi connectivity index (χ1n) is 7.31. The number of aromatic nitrogens is 1. The fourth-order valence-electron chi connectivity index (χ4n) is 2.44. The fraction of sp³-hybridized carbons (Fsp3) is 0.278. The molecule has 0 unspecified atom stereocenters. The Bertz CT molecular complexity index is 778. The average molecular weight is 360 g/mol. The third-order valence-corrected chi connectivity index (χ3v) is 4.16. The van der Waals surface area contributed by atoms with E-state index in [9.17, 15) is 0 Å². The van der Waals surface area contributed by atoms with Crippen LogP contribution in [0.1, 0.15) is 22.4 Å². The zero-order valence-corrected chi connectivity index (χ0v) is 14.3. The molecule has 0 fully saturated rings. The van der Waals surface area contributed by atoms with Gasteiger partial charge in [-0.15, -0.1) is 0 Å². The quantitative estimate of drug-likeness (QED) is 0.603. The number of fused-ring (bicyclic) bond motifs is 1. The highest BCUT2D eigenvalue weighted by atomic mass is 79.9. The molecule has 4 heteroatoms. The molecule has 0 radical (unpaired) electrons. The number of hydrogen-bond donors (Lipinski definition) is 0. The number of nitrogens with zero attached hydrogens (tertiary/aromatic N) is 1. The topological polar surface area (TPSA) is 35.3 Å². The van der Waals surface area contributed by atoms with Crippen molar-refractivity contribution in [1.82, 2.24) is 5.16 Å². The summed E-state index contributed by atoms with van der Waals surface area (Å²) in [5, 5.41) is 6.10. The Morgan fingerprint density at radius 2 is 1.86 bits per heavy atom. The van der Waals surface area contributed by atoms with Gasteiger partial charge in [0, 0.05) is 22.7 Å². The highest BCUT2D eigenvalue weighted by molar-refractivity contribution is 9.09. The Morgan fingerprint density at radius 1 is 1.09 bits per heavy atom. The minimum Gasteiger partial charge on any atom is -0.488 e. The number of alkyl halides is 1. The molecule has 1 aromatic heterocycles. The van der Waals surface area contributed by atoms with Crippen molar-refractivity contribution in [2.24, 2.45) is 0 Å². The van der Waals surface area contributed by atoms with Gasteiger partial charge in [-0.3, -0.25) is 0 Å². The van der Waals surface area contributed by atoms with Crippen LogP contribution < -0.4 is 4.74 Å². The molecule has 0 N–H and O–H groups in total. The SMILES string of the molecule is Cc1ccc(COc2ccc3c(CCBr)noc3c2C)cc1. The van der Waals surface area contributed by atoms with Gasteiger partial charge in [-0.1, -0.05) is 50.9 Å². The van der Waals surface area contributed by atoms with Crippen LogP contribution in [-0.2, 0) is 13.0 Å². The summed E-state index contributed by atoms with van der Waals surface area (Å²) in [5.41, 5.74) is 5.21. The van der Waals surface area contributed by atoms with Crippen LogP contribution in [0.4, 0.5) is 0 Å². The van der Waals surface area contributed by atoms with Crippen LogP contribution in [-0.4, -0.2) is 10.5 Å². The maximum absolute atomic E-state index is 5.94. The van der Waals surface area contributed by atoms with Crippen molar-refractivity contribution in [3.8, 4) is 5.75 Å². The lowest BCUT2D eigenvalue weighted by Gasteiger charge is -2.09. The molecule has 0 bridgehead atoms. The van der Waals surface area contributed by atoms with E-state index in [1.807, 2.05) is 19.1 Å². The van der Waals surface area contributed by atoms with Crippen molar-refractivity contribution in [2.75, 3.05) is 5.33 Å². The Balaban J connectivity index is 1.82. The van der Waals surface area contributed by atoms with Gasteiger partial charge < -0.3 is 9.26 Å². The molecule has 3 aromatic rings. The summed E-state index contributed by atoms with van der Waals surface area (Å²) in [6, 6.07) is 12.4. The van der Waals surface area contributed by atoms with E-state index in [4.69, 9.17) is 9.26 Å². The molecule has 0 aliphatic heterocycles. The molecule has 2 aromatic carbocycles. The first kappa shape index (κ1) is 15.1. The summed E-state index contributed by atoms with van der Waals surface area (Å²) >= 11 is 3.44.